The fourth-order valence-corrected chi connectivity index (χ4v) is 3.10. The first-order chi connectivity index (χ1) is 10.1. The minimum atomic E-state index is -0.991. The van der Waals surface area contributed by atoms with Crippen molar-refractivity contribution in [1.29, 1.82) is 0 Å². The average molecular weight is 285 g/mol. The van der Waals surface area contributed by atoms with Gasteiger partial charge in [0.25, 0.3) is 0 Å². The predicted molar refractivity (Wildman–Crippen MR) is 80.5 cm³/mol. The number of benzene rings is 1. The van der Waals surface area contributed by atoms with Crippen molar-refractivity contribution >= 4 is 5.97 Å². The van der Waals surface area contributed by atoms with Gasteiger partial charge in [0.1, 0.15) is 0 Å². The van der Waals surface area contributed by atoms with Crippen LogP contribution in [0.3, 0.4) is 0 Å². The second-order valence-corrected chi connectivity index (χ2v) is 5.68. The first kappa shape index (κ1) is 13.8. The summed E-state index contributed by atoms with van der Waals surface area (Å²) in [7, 11) is 3.93. The zero-order valence-corrected chi connectivity index (χ0v) is 12.3. The summed E-state index contributed by atoms with van der Waals surface area (Å²) in [6.07, 6.45) is 1.14. The number of hydrogen-bond donors (Lipinski definition) is 1. The van der Waals surface area contributed by atoms with Gasteiger partial charge in [-0.3, -0.25) is 4.68 Å². The number of rotatable bonds is 3. The molecule has 5 nitrogen and oxygen atoms in total. The van der Waals surface area contributed by atoms with Crippen LogP contribution in [-0.4, -0.2) is 45.9 Å². The van der Waals surface area contributed by atoms with Crippen LogP contribution in [0.4, 0.5) is 0 Å². The molecule has 0 amide bonds. The molecule has 0 spiro atoms. The molecule has 2 aromatic rings. The quantitative estimate of drug-likeness (QED) is 0.939. The molecule has 1 aromatic carbocycles. The van der Waals surface area contributed by atoms with Crippen LogP contribution in [0.2, 0.25) is 0 Å². The molecule has 1 saturated heterocycles. The topological polar surface area (TPSA) is 58.4 Å². The Hall–Kier alpha value is -2.14. The smallest absolute Gasteiger partial charge is 0.356 e. The van der Waals surface area contributed by atoms with Gasteiger partial charge in [-0.15, -0.1) is 0 Å². The van der Waals surface area contributed by atoms with Crippen LogP contribution in [0.1, 0.15) is 28.4 Å². The Labute approximate surface area is 123 Å². The summed E-state index contributed by atoms with van der Waals surface area (Å²) in [4.78, 5) is 13.4. The number of carboxylic acid groups (broad SMARTS) is 1. The van der Waals surface area contributed by atoms with Crippen LogP contribution >= 0.6 is 0 Å². The molecule has 110 valence electrons. The SMILES string of the molecule is CN1CCC(c2ccccc2-c2cc(C(=O)O)nn2C)C1. The maximum atomic E-state index is 11.1. The molecule has 1 N–H and O–H groups in total. The van der Waals surface area contributed by atoms with E-state index >= 15 is 0 Å². The van der Waals surface area contributed by atoms with E-state index in [4.69, 9.17) is 5.11 Å². The molecule has 1 aliphatic rings. The van der Waals surface area contributed by atoms with Gasteiger partial charge in [-0.1, -0.05) is 24.3 Å². The average Bonchev–Trinajstić information content (AvgIpc) is 3.05. The summed E-state index contributed by atoms with van der Waals surface area (Å²) in [6.45, 7) is 2.14. The van der Waals surface area contributed by atoms with E-state index in [0.29, 0.717) is 5.92 Å². The number of likely N-dealkylation sites (N-methyl/N-ethyl adjacent to an activating group) is 1. The number of aromatic nitrogens is 2. The van der Waals surface area contributed by atoms with Gasteiger partial charge in [-0.2, -0.15) is 5.10 Å². The molecule has 0 saturated carbocycles. The van der Waals surface area contributed by atoms with Crippen molar-refractivity contribution in [3.63, 3.8) is 0 Å². The second kappa shape index (κ2) is 5.33. The second-order valence-electron chi connectivity index (χ2n) is 5.68. The molecule has 1 aromatic heterocycles. The van der Waals surface area contributed by atoms with Crippen molar-refractivity contribution in [1.82, 2.24) is 14.7 Å². The van der Waals surface area contributed by atoms with E-state index in [9.17, 15) is 4.79 Å². The van der Waals surface area contributed by atoms with E-state index in [1.54, 1.807) is 17.8 Å². The van der Waals surface area contributed by atoms with E-state index in [1.807, 2.05) is 12.1 Å². The Morgan fingerprint density at radius 3 is 2.71 bits per heavy atom. The van der Waals surface area contributed by atoms with Crippen molar-refractivity contribution < 1.29 is 9.90 Å². The number of hydrogen-bond acceptors (Lipinski definition) is 3. The van der Waals surface area contributed by atoms with Crippen LogP contribution in [-0.2, 0) is 7.05 Å². The number of nitrogens with zero attached hydrogens (tertiary/aromatic N) is 3. The van der Waals surface area contributed by atoms with Crippen LogP contribution in [0.15, 0.2) is 30.3 Å². The lowest BCUT2D eigenvalue weighted by molar-refractivity contribution is 0.0689. The first-order valence-corrected chi connectivity index (χ1v) is 7.11. The molecule has 21 heavy (non-hydrogen) atoms. The Morgan fingerprint density at radius 1 is 1.33 bits per heavy atom. The molecular weight excluding hydrogens is 266 g/mol. The molecule has 2 heterocycles. The largest absolute Gasteiger partial charge is 0.476 e. The molecular formula is C16H19N3O2. The Kier molecular flexibility index (Phi) is 3.51. The Morgan fingerprint density at radius 2 is 2.10 bits per heavy atom. The molecule has 1 atom stereocenters. The Balaban J connectivity index is 2.05. The number of carboxylic acids is 1. The third-order valence-electron chi connectivity index (χ3n) is 4.17. The lowest BCUT2D eigenvalue weighted by Gasteiger charge is -2.15. The number of likely N-dealkylation sites (tertiary alicyclic amines) is 1. The van der Waals surface area contributed by atoms with E-state index in [0.717, 1.165) is 30.8 Å². The van der Waals surface area contributed by atoms with Crippen molar-refractivity contribution in [3.8, 4) is 11.3 Å². The van der Waals surface area contributed by atoms with Gasteiger partial charge < -0.3 is 10.0 Å². The molecule has 1 fully saturated rings. The molecule has 5 heteroatoms. The highest BCUT2D eigenvalue weighted by atomic mass is 16.4. The maximum Gasteiger partial charge on any atom is 0.356 e. The predicted octanol–water partition coefficient (Wildman–Crippen LogP) is 2.20. The highest BCUT2D eigenvalue weighted by Crippen LogP contribution is 2.34. The zero-order chi connectivity index (χ0) is 15.0. The Bertz CT molecular complexity index is 678. The monoisotopic (exact) mass is 285 g/mol. The van der Waals surface area contributed by atoms with E-state index in [2.05, 4.69) is 29.2 Å². The van der Waals surface area contributed by atoms with Gasteiger partial charge in [0, 0.05) is 19.2 Å². The van der Waals surface area contributed by atoms with E-state index in [-0.39, 0.29) is 5.69 Å². The number of aryl methyl sites for hydroxylation is 1. The van der Waals surface area contributed by atoms with Gasteiger partial charge in [0.05, 0.1) is 5.69 Å². The lowest BCUT2D eigenvalue weighted by Crippen LogP contribution is -2.13. The molecule has 0 aliphatic carbocycles. The lowest BCUT2D eigenvalue weighted by atomic mass is 9.92. The number of aromatic carboxylic acids is 1. The zero-order valence-electron chi connectivity index (χ0n) is 12.3. The fraction of sp³-hybridized carbons (Fsp3) is 0.375. The van der Waals surface area contributed by atoms with Gasteiger partial charge in [0.2, 0.25) is 0 Å². The molecule has 1 aliphatic heterocycles. The van der Waals surface area contributed by atoms with Gasteiger partial charge >= 0.3 is 5.97 Å². The summed E-state index contributed by atoms with van der Waals surface area (Å²) >= 11 is 0. The summed E-state index contributed by atoms with van der Waals surface area (Å²) in [6, 6.07) is 9.89. The minimum absolute atomic E-state index is 0.0887. The van der Waals surface area contributed by atoms with Crippen molar-refractivity contribution in [2.24, 2.45) is 7.05 Å². The van der Waals surface area contributed by atoms with Gasteiger partial charge in [0.15, 0.2) is 5.69 Å². The molecule has 0 bridgehead atoms. The van der Waals surface area contributed by atoms with Crippen molar-refractivity contribution in [2.45, 2.75) is 12.3 Å². The van der Waals surface area contributed by atoms with Gasteiger partial charge in [-0.25, -0.2) is 4.79 Å². The summed E-state index contributed by atoms with van der Waals surface area (Å²) in [5.41, 5.74) is 3.31. The fourth-order valence-electron chi connectivity index (χ4n) is 3.10. The summed E-state index contributed by atoms with van der Waals surface area (Å²) < 4.78 is 1.65. The van der Waals surface area contributed by atoms with Crippen molar-refractivity contribution in [2.75, 3.05) is 20.1 Å². The van der Waals surface area contributed by atoms with E-state index in [1.165, 1.54) is 5.56 Å². The van der Waals surface area contributed by atoms with E-state index < -0.39 is 5.97 Å². The number of carbonyl (C=O) groups is 1. The van der Waals surface area contributed by atoms with Crippen LogP contribution in [0, 0.1) is 0 Å². The third-order valence-corrected chi connectivity index (χ3v) is 4.17. The minimum Gasteiger partial charge on any atom is -0.476 e. The highest BCUT2D eigenvalue weighted by molar-refractivity contribution is 5.87. The van der Waals surface area contributed by atoms with Gasteiger partial charge in [-0.05, 0) is 37.6 Å². The van der Waals surface area contributed by atoms with Crippen LogP contribution in [0.5, 0.6) is 0 Å². The summed E-state index contributed by atoms with van der Waals surface area (Å²) in [5.74, 6) is -0.496. The normalized spacial score (nSPS) is 19.0. The standard InChI is InChI=1S/C16H19N3O2/c1-18-8-7-11(10-18)12-5-3-4-6-13(12)15-9-14(16(20)21)17-19(15)2/h3-6,9,11H,7-8,10H2,1-2H3,(H,20,21). The highest BCUT2D eigenvalue weighted by Gasteiger charge is 2.24. The third kappa shape index (κ3) is 2.56. The van der Waals surface area contributed by atoms with Crippen LogP contribution < -0.4 is 0 Å². The van der Waals surface area contributed by atoms with Crippen LogP contribution in [0.25, 0.3) is 11.3 Å². The molecule has 3 rings (SSSR count). The van der Waals surface area contributed by atoms with Crippen molar-refractivity contribution in [3.05, 3.63) is 41.6 Å². The molecule has 1 unspecified atom stereocenters. The molecule has 0 radical (unpaired) electrons. The maximum absolute atomic E-state index is 11.1. The summed E-state index contributed by atoms with van der Waals surface area (Å²) in [5, 5.41) is 13.2. The first-order valence-electron chi connectivity index (χ1n) is 7.11.